The third kappa shape index (κ3) is 3.60. The van der Waals surface area contributed by atoms with Crippen molar-refractivity contribution in [3.05, 3.63) is 29.8 Å². The largest absolute Gasteiger partial charge is 0.508 e. The van der Waals surface area contributed by atoms with Gasteiger partial charge >= 0.3 is 0 Å². The molecule has 0 aromatic heterocycles. The zero-order valence-electron chi connectivity index (χ0n) is 8.49. The van der Waals surface area contributed by atoms with Gasteiger partial charge in [0.2, 0.25) is 0 Å². The number of rotatable bonds is 5. The van der Waals surface area contributed by atoms with Crippen LogP contribution in [-0.2, 0) is 11.2 Å². The number of Topliss-reactive ketones (excluding diaryl/α,β-unsaturated/α-hetero) is 1. The summed E-state index contributed by atoms with van der Waals surface area (Å²) >= 11 is 0. The molecule has 1 aromatic carbocycles. The van der Waals surface area contributed by atoms with Crippen molar-refractivity contribution in [3.63, 3.8) is 0 Å². The van der Waals surface area contributed by atoms with Crippen LogP contribution in [0.4, 0.5) is 0 Å². The first-order valence-electron chi connectivity index (χ1n) is 5.02. The van der Waals surface area contributed by atoms with Gasteiger partial charge in [-0.05, 0) is 24.1 Å². The Balaban J connectivity index is 2.44. The van der Waals surface area contributed by atoms with Crippen molar-refractivity contribution in [3.8, 4) is 5.75 Å². The summed E-state index contributed by atoms with van der Waals surface area (Å²) < 4.78 is 0. The number of benzene rings is 1. The molecule has 0 aliphatic carbocycles. The maximum atomic E-state index is 11.4. The van der Waals surface area contributed by atoms with Gasteiger partial charge in [-0.15, -0.1) is 0 Å². The maximum Gasteiger partial charge on any atom is 0.137 e. The van der Waals surface area contributed by atoms with E-state index in [9.17, 15) is 4.79 Å². The summed E-state index contributed by atoms with van der Waals surface area (Å²) in [5.41, 5.74) is 0.976. The lowest BCUT2D eigenvalue weighted by Gasteiger charge is -2.00. The van der Waals surface area contributed by atoms with Gasteiger partial charge in [-0.2, -0.15) is 0 Å². The Morgan fingerprint density at radius 2 is 1.93 bits per heavy atom. The van der Waals surface area contributed by atoms with Gasteiger partial charge in [0.15, 0.2) is 0 Å². The molecule has 0 amide bonds. The maximum absolute atomic E-state index is 11.4. The van der Waals surface area contributed by atoms with Crippen LogP contribution < -0.4 is 0 Å². The number of hydrogen-bond donors (Lipinski definition) is 1. The van der Waals surface area contributed by atoms with Crippen molar-refractivity contribution < 1.29 is 9.90 Å². The van der Waals surface area contributed by atoms with Gasteiger partial charge in [-0.1, -0.05) is 25.5 Å². The second kappa shape index (κ2) is 5.43. The van der Waals surface area contributed by atoms with E-state index in [0.717, 1.165) is 18.4 Å². The summed E-state index contributed by atoms with van der Waals surface area (Å²) in [6, 6.07) is 6.81. The highest BCUT2D eigenvalue weighted by molar-refractivity contribution is 5.80. The molecule has 2 heteroatoms. The van der Waals surface area contributed by atoms with Crippen LogP contribution in [0.5, 0.6) is 5.75 Å². The van der Waals surface area contributed by atoms with Crippen molar-refractivity contribution in [1.82, 2.24) is 0 Å². The lowest BCUT2D eigenvalue weighted by Crippen LogP contribution is -2.01. The standard InChI is InChI=1S/C12H16O2/c1-2-3-4-12(14)9-10-5-7-11(13)8-6-10/h5-8,13H,2-4,9H2,1H3. The topological polar surface area (TPSA) is 37.3 Å². The Hall–Kier alpha value is -1.31. The van der Waals surface area contributed by atoms with Crippen molar-refractivity contribution >= 4 is 5.78 Å². The van der Waals surface area contributed by atoms with Crippen molar-refractivity contribution in [1.29, 1.82) is 0 Å². The van der Waals surface area contributed by atoms with E-state index in [1.165, 1.54) is 0 Å². The third-order valence-electron chi connectivity index (χ3n) is 2.15. The van der Waals surface area contributed by atoms with E-state index in [1.54, 1.807) is 24.3 Å². The lowest BCUT2D eigenvalue weighted by atomic mass is 10.1. The highest BCUT2D eigenvalue weighted by Crippen LogP contribution is 2.11. The van der Waals surface area contributed by atoms with Gasteiger partial charge in [-0.3, -0.25) is 4.79 Å². The van der Waals surface area contributed by atoms with E-state index in [4.69, 9.17) is 5.11 Å². The molecule has 0 aliphatic rings. The smallest absolute Gasteiger partial charge is 0.137 e. The van der Waals surface area contributed by atoms with Gasteiger partial charge in [0.25, 0.3) is 0 Å². The summed E-state index contributed by atoms with van der Waals surface area (Å²) in [5.74, 6) is 0.521. The summed E-state index contributed by atoms with van der Waals surface area (Å²) in [6.07, 6.45) is 3.18. The van der Waals surface area contributed by atoms with Crippen molar-refractivity contribution in [2.45, 2.75) is 32.6 Å². The molecule has 0 heterocycles. The monoisotopic (exact) mass is 192 g/mol. The number of hydrogen-bond acceptors (Lipinski definition) is 2. The summed E-state index contributed by atoms with van der Waals surface area (Å²) in [5, 5.41) is 9.05. The van der Waals surface area contributed by atoms with Crippen LogP contribution in [0.1, 0.15) is 31.7 Å². The number of carbonyl (C=O) groups is 1. The molecule has 0 radical (unpaired) electrons. The average Bonchev–Trinajstić information content (AvgIpc) is 2.18. The van der Waals surface area contributed by atoms with Crippen molar-refractivity contribution in [2.24, 2.45) is 0 Å². The van der Waals surface area contributed by atoms with Gasteiger partial charge in [0.1, 0.15) is 11.5 Å². The van der Waals surface area contributed by atoms with Crippen LogP contribution in [0.25, 0.3) is 0 Å². The number of unbranched alkanes of at least 4 members (excludes halogenated alkanes) is 1. The van der Waals surface area contributed by atoms with Crippen LogP contribution in [0.3, 0.4) is 0 Å². The van der Waals surface area contributed by atoms with E-state index < -0.39 is 0 Å². The van der Waals surface area contributed by atoms with Gasteiger partial charge in [0.05, 0.1) is 0 Å². The fourth-order valence-electron chi connectivity index (χ4n) is 1.30. The molecule has 1 aromatic rings. The summed E-state index contributed by atoms with van der Waals surface area (Å²) in [7, 11) is 0. The lowest BCUT2D eigenvalue weighted by molar-refractivity contribution is -0.118. The number of phenols is 1. The van der Waals surface area contributed by atoms with Crippen LogP contribution in [-0.4, -0.2) is 10.9 Å². The molecule has 0 aliphatic heterocycles. The Kier molecular flexibility index (Phi) is 4.17. The first-order valence-corrected chi connectivity index (χ1v) is 5.02. The minimum atomic E-state index is 0.245. The van der Waals surface area contributed by atoms with Gasteiger partial charge in [-0.25, -0.2) is 0 Å². The van der Waals surface area contributed by atoms with Gasteiger partial charge in [0, 0.05) is 12.8 Å². The Bertz CT molecular complexity index is 288. The van der Waals surface area contributed by atoms with Crippen LogP contribution in [0, 0.1) is 0 Å². The Morgan fingerprint density at radius 1 is 1.29 bits per heavy atom. The molecule has 0 saturated carbocycles. The zero-order valence-corrected chi connectivity index (χ0v) is 8.49. The molecule has 0 bridgehead atoms. The fraction of sp³-hybridized carbons (Fsp3) is 0.417. The number of aromatic hydroxyl groups is 1. The quantitative estimate of drug-likeness (QED) is 0.778. The first kappa shape index (κ1) is 10.8. The molecule has 0 saturated heterocycles. The highest BCUT2D eigenvalue weighted by atomic mass is 16.3. The molecule has 1 rings (SSSR count). The van der Waals surface area contributed by atoms with E-state index in [0.29, 0.717) is 12.8 Å². The molecule has 0 fully saturated rings. The van der Waals surface area contributed by atoms with Crippen LogP contribution in [0.2, 0.25) is 0 Å². The molecular weight excluding hydrogens is 176 g/mol. The predicted octanol–water partition coefficient (Wildman–Crippen LogP) is 2.69. The molecule has 14 heavy (non-hydrogen) atoms. The number of phenolic OH excluding ortho intramolecular Hbond substituents is 1. The molecule has 2 nitrogen and oxygen atoms in total. The van der Waals surface area contributed by atoms with E-state index in [2.05, 4.69) is 6.92 Å². The molecule has 0 atom stereocenters. The van der Waals surface area contributed by atoms with E-state index in [-0.39, 0.29) is 11.5 Å². The summed E-state index contributed by atoms with van der Waals surface area (Å²) in [6.45, 7) is 2.08. The normalized spacial score (nSPS) is 10.1. The van der Waals surface area contributed by atoms with Gasteiger partial charge < -0.3 is 5.11 Å². The predicted molar refractivity (Wildman–Crippen MR) is 56.3 cm³/mol. The number of carbonyl (C=O) groups excluding carboxylic acids is 1. The molecule has 76 valence electrons. The van der Waals surface area contributed by atoms with Crippen LogP contribution in [0.15, 0.2) is 24.3 Å². The fourth-order valence-corrected chi connectivity index (χ4v) is 1.30. The Morgan fingerprint density at radius 3 is 2.50 bits per heavy atom. The molecule has 0 spiro atoms. The molecule has 0 unspecified atom stereocenters. The Labute approximate surface area is 84.6 Å². The molecule has 1 N–H and O–H groups in total. The van der Waals surface area contributed by atoms with Crippen LogP contribution >= 0.6 is 0 Å². The van der Waals surface area contributed by atoms with E-state index >= 15 is 0 Å². The second-order valence-corrected chi connectivity index (χ2v) is 3.49. The SMILES string of the molecule is CCCCC(=O)Cc1ccc(O)cc1. The zero-order chi connectivity index (χ0) is 10.4. The third-order valence-corrected chi connectivity index (χ3v) is 2.15. The average molecular weight is 192 g/mol. The first-order chi connectivity index (χ1) is 6.72. The van der Waals surface area contributed by atoms with E-state index in [1.807, 2.05) is 0 Å². The van der Waals surface area contributed by atoms with Crippen molar-refractivity contribution in [2.75, 3.05) is 0 Å². The highest BCUT2D eigenvalue weighted by Gasteiger charge is 2.02. The minimum Gasteiger partial charge on any atom is -0.508 e. The molecular formula is C12H16O2. The number of ketones is 1. The second-order valence-electron chi connectivity index (χ2n) is 3.49. The summed E-state index contributed by atoms with van der Waals surface area (Å²) in [4.78, 5) is 11.4. The minimum absolute atomic E-state index is 0.245.